The molecule has 0 radical (unpaired) electrons. The Morgan fingerprint density at radius 2 is 1.67 bits per heavy atom. The van der Waals surface area contributed by atoms with Crippen LogP contribution in [0.1, 0.15) is 15.7 Å². The topological polar surface area (TPSA) is 35.3 Å². The number of hydrogen-bond acceptors (Lipinski definition) is 5. The van der Waals surface area contributed by atoms with Crippen molar-refractivity contribution in [3.8, 4) is 5.75 Å². The highest BCUT2D eigenvalue weighted by atomic mass is 32.2. The molecule has 3 nitrogen and oxygen atoms in total. The number of para-hydroxylation sites is 2. The van der Waals surface area contributed by atoms with Crippen molar-refractivity contribution in [3.63, 3.8) is 0 Å². The van der Waals surface area contributed by atoms with Crippen LogP contribution in [0.25, 0.3) is 11.1 Å². The van der Waals surface area contributed by atoms with Crippen LogP contribution in [0.15, 0.2) is 88.5 Å². The monoisotopic (exact) mass is 393 g/mol. The normalized spacial score (nSPS) is 12.2. The number of fused-ring (bicyclic) bond motifs is 1. The molecule has 0 saturated heterocycles. The lowest BCUT2D eigenvalue weighted by Gasteiger charge is -2.15. The van der Waals surface area contributed by atoms with E-state index >= 15 is 0 Å². The maximum atomic E-state index is 5.93. The zero-order valence-corrected chi connectivity index (χ0v) is 16.5. The van der Waals surface area contributed by atoms with Crippen molar-refractivity contribution in [1.29, 1.82) is 0 Å². The Hall–Kier alpha value is -2.37. The summed E-state index contributed by atoms with van der Waals surface area (Å²) >= 11 is 3.51. The Bertz CT molecular complexity index is 967. The van der Waals surface area contributed by atoms with Crippen molar-refractivity contribution in [2.24, 2.45) is 0 Å². The number of methoxy groups -OCH3 is 1. The van der Waals surface area contributed by atoms with Crippen molar-refractivity contribution in [2.45, 2.75) is 15.6 Å². The summed E-state index contributed by atoms with van der Waals surface area (Å²) in [6.45, 7) is 0. The van der Waals surface area contributed by atoms with Crippen LogP contribution in [0.4, 0.5) is 0 Å². The third-order valence-corrected chi connectivity index (χ3v) is 6.75. The lowest BCUT2D eigenvalue weighted by Crippen LogP contribution is -1.92. The molecule has 27 heavy (non-hydrogen) atoms. The van der Waals surface area contributed by atoms with Gasteiger partial charge in [0, 0.05) is 5.75 Å². The molecule has 1 atom stereocenters. The molecule has 1 heterocycles. The predicted molar refractivity (Wildman–Crippen MR) is 113 cm³/mol. The first-order valence-corrected chi connectivity index (χ1v) is 10.6. The fraction of sp³-hybridized carbons (Fsp3) is 0.136. The quantitative estimate of drug-likeness (QED) is 0.262. The van der Waals surface area contributed by atoms with Crippen molar-refractivity contribution >= 4 is 34.6 Å². The van der Waals surface area contributed by atoms with Gasteiger partial charge in [-0.3, -0.25) is 0 Å². The molecule has 0 amide bonds. The largest absolute Gasteiger partial charge is 0.497 e. The Morgan fingerprint density at radius 1 is 0.926 bits per heavy atom. The Morgan fingerprint density at radius 3 is 2.41 bits per heavy atom. The standard InChI is InChI=1S/C22H19NO2S2/c1-24-18-13-11-17(12-14-18)21(26-15-16-7-3-2-4-8-16)27-22-23-19-9-5-6-10-20(19)25-22/h2-14,21H,15H2,1H3. The number of nitrogens with zero attached hydrogens (tertiary/aromatic N) is 1. The summed E-state index contributed by atoms with van der Waals surface area (Å²) in [4.78, 5) is 4.63. The molecule has 0 spiro atoms. The molecule has 4 rings (SSSR count). The van der Waals surface area contributed by atoms with E-state index in [-0.39, 0.29) is 4.58 Å². The van der Waals surface area contributed by atoms with Crippen LogP contribution in [0.2, 0.25) is 0 Å². The highest BCUT2D eigenvalue weighted by Gasteiger charge is 2.18. The molecular formula is C22H19NO2S2. The number of ether oxygens (including phenoxy) is 1. The summed E-state index contributed by atoms with van der Waals surface area (Å²) in [7, 11) is 1.68. The molecule has 0 N–H and O–H groups in total. The summed E-state index contributed by atoms with van der Waals surface area (Å²) in [6, 6.07) is 26.6. The second-order valence-corrected chi connectivity index (χ2v) is 8.42. The SMILES string of the molecule is COc1ccc(C(SCc2ccccc2)Sc2nc3ccccc3o2)cc1. The molecule has 0 aliphatic carbocycles. The molecule has 5 heteroatoms. The molecule has 0 fully saturated rings. The smallest absolute Gasteiger partial charge is 0.258 e. The van der Waals surface area contributed by atoms with Gasteiger partial charge < -0.3 is 9.15 Å². The van der Waals surface area contributed by atoms with Gasteiger partial charge >= 0.3 is 0 Å². The average Bonchev–Trinajstić information content (AvgIpc) is 3.14. The van der Waals surface area contributed by atoms with Gasteiger partial charge in [-0.2, -0.15) is 0 Å². The summed E-state index contributed by atoms with van der Waals surface area (Å²) in [5.74, 6) is 1.78. The van der Waals surface area contributed by atoms with Crippen LogP contribution in [0.5, 0.6) is 5.75 Å². The van der Waals surface area contributed by atoms with E-state index in [0.717, 1.165) is 22.6 Å². The maximum absolute atomic E-state index is 5.93. The van der Waals surface area contributed by atoms with Gasteiger partial charge in [-0.05, 0) is 47.2 Å². The predicted octanol–water partition coefficient (Wildman–Crippen LogP) is 6.56. The van der Waals surface area contributed by atoms with E-state index < -0.39 is 0 Å². The van der Waals surface area contributed by atoms with E-state index in [9.17, 15) is 0 Å². The van der Waals surface area contributed by atoms with E-state index in [2.05, 4.69) is 41.4 Å². The molecule has 0 aliphatic rings. The van der Waals surface area contributed by atoms with Gasteiger partial charge in [-0.1, -0.05) is 54.6 Å². The molecule has 4 aromatic rings. The molecule has 0 aliphatic heterocycles. The number of benzene rings is 3. The fourth-order valence-corrected chi connectivity index (χ4v) is 5.07. The van der Waals surface area contributed by atoms with Crippen LogP contribution >= 0.6 is 23.5 Å². The lowest BCUT2D eigenvalue weighted by molar-refractivity contribution is 0.414. The molecule has 1 unspecified atom stereocenters. The van der Waals surface area contributed by atoms with Gasteiger partial charge in [0.1, 0.15) is 11.3 Å². The summed E-state index contributed by atoms with van der Waals surface area (Å²) in [5.41, 5.74) is 4.23. The highest BCUT2D eigenvalue weighted by Crippen LogP contribution is 2.45. The summed E-state index contributed by atoms with van der Waals surface area (Å²) in [5, 5.41) is 0.692. The first-order chi connectivity index (χ1) is 13.3. The lowest BCUT2D eigenvalue weighted by atomic mass is 10.2. The van der Waals surface area contributed by atoms with Gasteiger partial charge in [0.2, 0.25) is 0 Å². The third-order valence-electron chi connectivity index (χ3n) is 4.11. The highest BCUT2D eigenvalue weighted by molar-refractivity contribution is 8.15. The second-order valence-electron chi connectivity index (χ2n) is 5.97. The first-order valence-electron chi connectivity index (χ1n) is 8.63. The van der Waals surface area contributed by atoms with Crippen molar-refractivity contribution in [2.75, 3.05) is 7.11 Å². The minimum atomic E-state index is 0.171. The number of thioether (sulfide) groups is 2. The van der Waals surface area contributed by atoms with Crippen molar-refractivity contribution in [3.05, 3.63) is 90.0 Å². The molecule has 3 aromatic carbocycles. The average molecular weight is 394 g/mol. The van der Waals surface area contributed by atoms with Gasteiger partial charge in [-0.15, -0.1) is 11.8 Å². The van der Waals surface area contributed by atoms with E-state index in [1.54, 1.807) is 18.9 Å². The minimum absolute atomic E-state index is 0.171. The van der Waals surface area contributed by atoms with Crippen LogP contribution in [-0.4, -0.2) is 12.1 Å². The zero-order chi connectivity index (χ0) is 18.5. The van der Waals surface area contributed by atoms with Gasteiger partial charge in [0.25, 0.3) is 5.22 Å². The van der Waals surface area contributed by atoms with E-state index in [1.807, 2.05) is 54.2 Å². The third kappa shape index (κ3) is 4.49. The number of hydrogen-bond donors (Lipinski definition) is 0. The molecule has 136 valence electrons. The molecule has 1 aromatic heterocycles. The van der Waals surface area contributed by atoms with Gasteiger partial charge in [-0.25, -0.2) is 4.98 Å². The van der Waals surface area contributed by atoms with E-state index in [0.29, 0.717) is 5.22 Å². The second kappa shape index (κ2) is 8.55. The fourth-order valence-electron chi connectivity index (χ4n) is 2.70. The van der Waals surface area contributed by atoms with E-state index in [1.165, 1.54) is 11.1 Å². The summed E-state index contributed by atoms with van der Waals surface area (Å²) < 4.78 is 11.4. The Kier molecular flexibility index (Phi) is 5.70. The zero-order valence-electron chi connectivity index (χ0n) is 14.9. The molecule has 0 bridgehead atoms. The number of oxazole rings is 1. The Labute approximate surface area is 167 Å². The van der Waals surface area contributed by atoms with Gasteiger partial charge in [0.15, 0.2) is 5.58 Å². The number of aromatic nitrogens is 1. The van der Waals surface area contributed by atoms with Crippen molar-refractivity contribution < 1.29 is 9.15 Å². The van der Waals surface area contributed by atoms with Crippen LogP contribution in [-0.2, 0) is 5.75 Å². The number of rotatable bonds is 7. The minimum Gasteiger partial charge on any atom is -0.497 e. The van der Waals surface area contributed by atoms with Crippen LogP contribution < -0.4 is 4.74 Å². The van der Waals surface area contributed by atoms with Gasteiger partial charge in [0.05, 0.1) is 11.7 Å². The van der Waals surface area contributed by atoms with Crippen LogP contribution in [0, 0.1) is 0 Å². The first kappa shape index (κ1) is 18.0. The molecule has 0 saturated carbocycles. The summed E-state index contributed by atoms with van der Waals surface area (Å²) in [6.07, 6.45) is 0. The molecular weight excluding hydrogens is 374 g/mol. The maximum Gasteiger partial charge on any atom is 0.258 e. The van der Waals surface area contributed by atoms with Crippen molar-refractivity contribution in [1.82, 2.24) is 4.98 Å². The van der Waals surface area contributed by atoms with E-state index in [4.69, 9.17) is 9.15 Å². The Balaban J connectivity index is 1.57. The van der Waals surface area contributed by atoms with Crippen LogP contribution in [0.3, 0.4) is 0 Å².